The van der Waals surface area contributed by atoms with Crippen LogP contribution in [0.1, 0.15) is 24.1 Å². The maximum absolute atomic E-state index is 11.8. The lowest BCUT2D eigenvalue weighted by Crippen LogP contribution is -2.42. The van der Waals surface area contributed by atoms with Gasteiger partial charge in [-0.15, -0.1) is 0 Å². The molecule has 4 nitrogen and oxygen atoms in total. The maximum Gasteiger partial charge on any atom is 0.249 e. The summed E-state index contributed by atoms with van der Waals surface area (Å²) in [4.78, 5) is 11.8. The number of methoxy groups -OCH3 is 1. The highest BCUT2D eigenvalue weighted by molar-refractivity contribution is 5.81. The molecule has 0 spiro atoms. The van der Waals surface area contributed by atoms with Crippen LogP contribution in [0.25, 0.3) is 0 Å². The molecule has 0 bridgehead atoms. The molecule has 2 rings (SSSR count). The Morgan fingerprint density at radius 2 is 2.24 bits per heavy atom. The second kappa shape index (κ2) is 4.85. The Bertz CT molecular complexity index is 420. The molecule has 0 aliphatic heterocycles. The average Bonchev–Trinajstić information content (AvgIpc) is 2.65. The van der Waals surface area contributed by atoms with E-state index in [0.717, 1.165) is 12.0 Å². The van der Waals surface area contributed by atoms with Crippen LogP contribution in [0.2, 0.25) is 0 Å². The van der Waals surface area contributed by atoms with E-state index < -0.39 is 6.10 Å². The molecule has 0 saturated heterocycles. The number of hydrogen-bond acceptors (Lipinski definition) is 3. The summed E-state index contributed by atoms with van der Waals surface area (Å²) < 4.78 is 4.99. The molecule has 4 heteroatoms. The summed E-state index contributed by atoms with van der Waals surface area (Å²) in [6.45, 7) is 1.72. The van der Waals surface area contributed by atoms with Crippen molar-refractivity contribution in [1.29, 1.82) is 0 Å². The van der Waals surface area contributed by atoms with Crippen LogP contribution in [0.4, 0.5) is 0 Å². The van der Waals surface area contributed by atoms with E-state index in [9.17, 15) is 4.79 Å². The van der Waals surface area contributed by atoms with Crippen LogP contribution in [0.15, 0.2) is 24.3 Å². The lowest BCUT2D eigenvalue weighted by molar-refractivity contribution is -0.130. The summed E-state index contributed by atoms with van der Waals surface area (Å²) in [5.41, 5.74) is 8.40. The van der Waals surface area contributed by atoms with Crippen LogP contribution in [0, 0.1) is 0 Å². The molecule has 0 radical (unpaired) electrons. The van der Waals surface area contributed by atoms with Gasteiger partial charge in [-0.3, -0.25) is 4.79 Å². The van der Waals surface area contributed by atoms with Crippen molar-refractivity contribution in [2.45, 2.75) is 31.5 Å². The SMILES string of the molecule is COC(C)C(=O)NC1c2ccccc2CC1N. The molecule has 1 amide bonds. The molecule has 1 aliphatic rings. The van der Waals surface area contributed by atoms with Crippen LogP contribution < -0.4 is 11.1 Å². The number of nitrogens with one attached hydrogen (secondary N) is 1. The van der Waals surface area contributed by atoms with Crippen molar-refractivity contribution in [2.75, 3.05) is 7.11 Å². The second-order valence-electron chi connectivity index (χ2n) is 4.43. The summed E-state index contributed by atoms with van der Waals surface area (Å²) in [7, 11) is 1.52. The third-order valence-corrected chi connectivity index (χ3v) is 3.29. The molecule has 17 heavy (non-hydrogen) atoms. The average molecular weight is 234 g/mol. The molecule has 0 heterocycles. The van der Waals surface area contributed by atoms with Gasteiger partial charge in [0.1, 0.15) is 6.10 Å². The highest BCUT2D eigenvalue weighted by Gasteiger charge is 2.31. The number of carbonyl (C=O) groups is 1. The van der Waals surface area contributed by atoms with Gasteiger partial charge in [0.2, 0.25) is 5.91 Å². The molecule has 0 fully saturated rings. The number of rotatable bonds is 3. The number of nitrogens with two attached hydrogens (primary N) is 1. The zero-order chi connectivity index (χ0) is 12.4. The van der Waals surface area contributed by atoms with Gasteiger partial charge in [0.15, 0.2) is 0 Å². The largest absolute Gasteiger partial charge is 0.372 e. The highest BCUT2D eigenvalue weighted by Crippen LogP contribution is 2.30. The molecule has 1 aliphatic carbocycles. The predicted octanol–water partition coefficient (Wildman–Crippen LogP) is 0.762. The van der Waals surface area contributed by atoms with Gasteiger partial charge < -0.3 is 15.8 Å². The van der Waals surface area contributed by atoms with E-state index in [1.807, 2.05) is 18.2 Å². The third kappa shape index (κ3) is 2.33. The first-order valence-electron chi connectivity index (χ1n) is 5.80. The first kappa shape index (κ1) is 12.1. The summed E-state index contributed by atoms with van der Waals surface area (Å²) in [5, 5.41) is 2.95. The van der Waals surface area contributed by atoms with E-state index in [1.165, 1.54) is 12.7 Å². The Morgan fingerprint density at radius 3 is 2.94 bits per heavy atom. The highest BCUT2D eigenvalue weighted by atomic mass is 16.5. The zero-order valence-electron chi connectivity index (χ0n) is 10.1. The molecule has 0 aromatic heterocycles. The fourth-order valence-electron chi connectivity index (χ4n) is 2.19. The molecule has 0 saturated carbocycles. The van der Waals surface area contributed by atoms with Crippen molar-refractivity contribution >= 4 is 5.91 Å². The Hall–Kier alpha value is -1.39. The van der Waals surface area contributed by atoms with Crippen molar-refractivity contribution in [2.24, 2.45) is 5.73 Å². The van der Waals surface area contributed by atoms with E-state index in [2.05, 4.69) is 11.4 Å². The molecule has 92 valence electrons. The predicted molar refractivity (Wildman–Crippen MR) is 65.5 cm³/mol. The zero-order valence-corrected chi connectivity index (χ0v) is 10.1. The van der Waals surface area contributed by atoms with Crippen LogP contribution >= 0.6 is 0 Å². The Morgan fingerprint density at radius 1 is 1.53 bits per heavy atom. The molecular formula is C13H18N2O2. The molecule has 3 N–H and O–H groups in total. The van der Waals surface area contributed by atoms with E-state index in [-0.39, 0.29) is 18.0 Å². The fourth-order valence-corrected chi connectivity index (χ4v) is 2.19. The van der Waals surface area contributed by atoms with Crippen molar-refractivity contribution in [3.8, 4) is 0 Å². The van der Waals surface area contributed by atoms with E-state index >= 15 is 0 Å². The van der Waals surface area contributed by atoms with Crippen LogP contribution in [-0.4, -0.2) is 25.2 Å². The minimum absolute atomic E-state index is 0.0552. The number of amides is 1. The van der Waals surface area contributed by atoms with Crippen molar-refractivity contribution in [3.63, 3.8) is 0 Å². The van der Waals surface area contributed by atoms with Crippen LogP contribution in [-0.2, 0) is 16.0 Å². The lowest BCUT2D eigenvalue weighted by Gasteiger charge is -2.20. The summed E-state index contributed by atoms with van der Waals surface area (Å²) >= 11 is 0. The quantitative estimate of drug-likeness (QED) is 0.811. The van der Waals surface area contributed by atoms with Gasteiger partial charge in [0.05, 0.1) is 6.04 Å². The molecule has 1 aromatic carbocycles. The fraction of sp³-hybridized carbons (Fsp3) is 0.462. The Kier molecular flexibility index (Phi) is 3.45. The van der Waals surface area contributed by atoms with Gasteiger partial charge in [-0.1, -0.05) is 24.3 Å². The van der Waals surface area contributed by atoms with E-state index in [4.69, 9.17) is 10.5 Å². The van der Waals surface area contributed by atoms with Gasteiger partial charge in [0.25, 0.3) is 0 Å². The van der Waals surface area contributed by atoms with Gasteiger partial charge in [-0.25, -0.2) is 0 Å². The van der Waals surface area contributed by atoms with Crippen molar-refractivity contribution in [3.05, 3.63) is 35.4 Å². The summed E-state index contributed by atoms with van der Waals surface area (Å²) in [5.74, 6) is -0.121. The topological polar surface area (TPSA) is 64.3 Å². The Balaban J connectivity index is 2.14. The molecule has 3 atom stereocenters. The van der Waals surface area contributed by atoms with E-state index in [0.29, 0.717) is 0 Å². The summed E-state index contributed by atoms with van der Waals surface area (Å²) in [6.07, 6.45) is 0.359. The Labute approximate surface area is 101 Å². The first-order chi connectivity index (χ1) is 8.13. The smallest absolute Gasteiger partial charge is 0.249 e. The molecular weight excluding hydrogens is 216 g/mol. The van der Waals surface area contributed by atoms with Crippen molar-refractivity contribution < 1.29 is 9.53 Å². The van der Waals surface area contributed by atoms with E-state index in [1.54, 1.807) is 6.92 Å². The minimum atomic E-state index is -0.449. The van der Waals surface area contributed by atoms with Crippen LogP contribution in [0.3, 0.4) is 0 Å². The minimum Gasteiger partial charge on any atom is -0.372 e. The monoisotopic (exact) mass is 234 g/mol. The molecule has 3 unspecified atom stereocenters. The van der Waals surface area contributed by atoms with Gasteiger partial charge in [0, 0.05) is 13.2 Å². The number of ether oxygens (including phenoxy) is 1. The van der Waals surface area contributed by atoms with Gasteiger partial charge >= 0.3 is 0 Å². The number of hydrogen-bond donors (Lipinski definition) is 2. The van der Waals surface area contributed by atoms with Crippen molar-refractivity contribution in [1.82, 2.24) is 5.32 Å². The third-order valence-electron chi connectivity index (χ3n) is 3.29. The first-order valence-corrected chi connectivity index (χ1v) is 5.80. The lowest BCUT2D eigenvalue weighted by atomic mass is 10.1. The van der Waals surface area contributed by atoms with Gasteiger partial charge in [-0.2, -0.15) is 0 Å². The number of fused-ring (bicyclic) bond motifs is 1. The number of carbonyl (C=O) groups excluding carboxylic acids is 1. The maximum atomic E-state index is 11.8. The van der Waals surface area contributed by atoms with Crippen LogP contribution in [0.5, 0.6) is 0 Å². The van der Waals surface area contributed by atoms with Gasteiger partial charge in [-0.05, 0) is 24.5 Å². The number of benzene rings is 1. The second-order valence-corrected chi connectivity index (χ2v) is 4.43. The normalized spacial score (nSPS) is 24.2. The summed E-state index contributed by atoms with van der Waals surface area (Å²) in [6, 6.07) is 7.88. The molecule has 1 aromatic rings. The standard InChI is InChI=1S/C13H18N2O2/c1-8(17-2)13(16)15-12-10-6-4-3-5-9(10)7-11(12)14/h3-6,8,11-12H,7,14H2,1-2H3,(H,15,16).